The predicted molar refractivity (Wildman–Crippen MR) is 137 cm³/mol. The van der Waals surface area contributed by atoms with Gasteiger partial charge in [0.05, 0.1) is 10.8 Å². The summed E-state index contributed by atoms with van der Waals surface area (Å²) < 4.78 is 3.07. The molecule has 0 bridgehead atoms. The van der Waals surface area contributed by atoms with Crippen molar-refractivity contribution >= 4 is 50.5 Å². The Hall–Kier alpha value is -4.12. The highest BCUT2D eigenvalue weighted by molar-refractivity contribution is 7.24. The first-order valence-corrected chi connectivity index (χ1v) is 12.3. The van der Waals surface area contributed by atoms with Crippen LogP contribution in [0.1, 0.15) is 28.5 Å². The SMILES string of the molecule is CC(C#N)=C1/C(=C/c2cc3sc(-c4nccs4)nc3n2-c2ccccc2)C(=O)c2ccccc21. The number of hydrogen-bond acceptors (Lipinski definition) is 6. The molecule has 1 aliphatic rings. The highest BCUT2D eigenvalue weighted by atomic mass is 32.1. The van der Waals surface area contributed by atoms with Crippen LogP contribution in [0.25, 0.3) is 37.7 Å². The fourth-order valence-corrected chi connectivity index (χ4v) is 6.00. The van der Waals surface area contributed by atoms with Crippen LogP contribution in [-0.2, 0) is 0 Å². The summed E-state index contributed by atoms with van der Waals surface area (Å²) in [6.07, 6.45) is 3.67. The first-order valence-electron chi connectivity index (χ1n) is 10.6. The summed E-state index contributed by atoms with van der Waals surface area (Å²) in [6, 6.07) is 21.7. The molecule has 0 N–H and O–H groups in total. The van der Waals surface area contributed by atoms with Crippen LogP contribution in [0.3, 0.4) is 0 Å². The van der Waals surface area contributed by atoms with Crippen molar-refractivity contribution in [1.82, 2.24) is 14.5 Å². The second-order valence-corrected chi connectivity index (χ2v) is 9.75. The molecule has 5 aromatic rings. The number of ketones is 1. The molecule has 0 saturated heterocycles. The Morgan fingerprint density at radius 2 is 1.82 bits per heavy atom. The molecule has 162 valence electrons. The molecule has 0 saturated carbocycles. The fraction of sp³-hybridized carbons (Fsp3) is 0.0370. The Kier molecular flexibility index (Phi) is 4.84. The van der Waals surface area contributed by atoms with Gasteiger partial charge in [0.1, 0.15) is 0 Å². The smallest absolute Gasteiger partial charge is 0.194 e. The Bertz CT molecular complexity index is 1680. The molecule has 3 heterocycles. The third kappa shape index (κ3) is 3.16. The van der Waals surface area contributed by atoms with Gasteiger partial charge in [0.2, 0.25) is 0 Å². The molecular weight excluding hydrogens is 460 g/mol. The van der Waals surface area contributed by atoms with E-state index >= 15 is 0 Å². The first kappa shape index (κ1) is 20.5. The Morgan fingerprint density at radius 3 is 2.56 bits per heavy atom. The number of nitrogens with zero attached hydrogens (tertiary/aromatic N) is 4. The molecule has 34 heavy (non-hydrogen) atoms. The zero-order valence-corrected chi connectivity index (χ0v) is 19.7. The minimum atomic E-state index is -0.0687. The third-order valence-corrected chi connectivity index (χ3v) is 7.71. The minimum Gasteiger partial charge on any atom is -0.294 e. The minimum absolute atomic E-state index is 0.0687. The number of Topliss-reactive ketones (excluding diaryl/α,β-unsaturated/α-hetero) is 1. The zero-order valence-electron chi connectivity index (χ0n) is 18.0. The zero-order chi connectivity index (χ0) is 23.2. The first-order chi connectivity index (χ1) is 16.7. The van der Waals surface area contributed by atoms with Crippen molar-refractivity contribution in [1.29, 1.82) is 5.26 Å². The fourth-order valence-electron chi connectivity index (χ4n) is 4.32. The number of rotatable bonds is 3. The van der Waals surface area contributed by atoms with Crippen molar-refractivity contribution < 1.29 is 4.79 Å². The number of fused-ring (bicyclic) bond motifs is 2. The van der Waals surface area contributed by atoms with E-state index in [9.17, 15) is 10.1 Å². The summed E-state index contributed by atoms with van der Waals surface area (Å²) in [7, 11) is 0. The number of para-hydroxylation sites is 1. The van der Waals surface area contributed by atoms with Gasteiger partial charge in [-0.25, -0.2) is 9.97 Å². The van der Waals surface area contributed by atoms with Crippen molar-refractivity contribution in [2.75, 3.05) is 0 Å². The van der Waals surface area contributed by atoms with E-state index in [0.29, 0.717) is 22.3 Å². The highest BCUT2D eigenvalue weighted by Gasteiger charge is 2.31. The van der Waals surface area contributed by atoms with Gasteiger partial charge in [0, 0.05) is 45.2 Å². The molecule has 0 radical (unpaired) electrons. The molecule has 0 aliphatic heterocycles. The molecule has 0 unspecified atom stereocenters. The van der Waals surface area contributed by atoms with E-state index in [1.54, 1.807) is 35.8 Å². The maximum atomic E-state index is 13.4. The van der Waals surface area contributed by atoms with Gasteiger partial charge in [-0.15, -0.1) is 22.7 Å². The summed E-state index contributed by atoms with van der Waals surface area (Å²) in [5, 5.41) is 13.4. The van der Waals surface area contributed by atoms with E-state index in [1.807, 2.05) is 66.1 Å². The molecule has 3 aromatic heterocycles. The van der Waals surface area contributed by atoms with Crippen LogP contribution in [0.15, 0.2) is 83.4 Å². The maximum Gasteiger partial charge on any atom is 0.194 e. The van der Waals surface area contributed by atoms with Crippen LogP contribution >= 0.6 is 22.7 Å². The third-order valence-electron chi connectivity index (χ3n) is 5.80. The second kappa shape index (κ2) is 8.03. The van der Waals surface area contributed by atoms with E-state index in [1.165, 1.54) is 0 Å². The van der Waals surface area contributed by atoms with Crippen LogP contribution in [0, 0.1) is 11.3 Å². The lowest BCUT2D eigenvalue weighted by atomic mass is 9.99. The molecule has 1 aliphatic carbocycles. The molecular formula is C27H16N4OS2. The van der Waals surface area contributed by atoms with E-state index in [-0.39, 0.29) is 5.78 Å². The monoisotopic (exact) mass is 476 g/mol. The maximum absolute atomic E-state index is 13.4. The average molecular weight is 477 g/mol. The lowest BCUT2D eigenvalue weighted by Crippen LogP contribution is -2.00. The van der Waals surface area contributed by atoms with Crippen LogP contribution in [-0.4, -0.2) is 20.3 Å². The molecule has 7 heteroatoms. The van der Waals surface area contributed by atoms with E-state index in [2.05, 4.69) is 21.7 Å². The summed E-state index contributed by atoms with van der Waals surface area (Å²) >= 11 is 3.14. The van der Waals surface area contributed by atoms with Gasteiger partial charge in [-0.05, 0) is 36.8 Å². The second-order valence-electron chi connectivity index (χ2n) is 7.83. The van der Waals surface area contributed by atoms with Gasteiger partial charge >= 0.3 is 0 Å². The van der Waals surface area contributed by atoms with Gasteiger partial charge in [-0.3, -0.25) is 9.36 Å². The Labute approximate surface area is 203 Å². The van der Waals surface area contributed by atoms with E-state index < -0.39 is 0 Å². The van der Waals surface area contributed by atoms with Crippen molar-refractivity contribution in [3.8, 4) is 21.8 Å². The van der Waals surface area contributed by atoms with E-state index in [4.69, 9.17) is 4.98 Å². The lowest BCUT2D eigenvalue weighted by molar-refractivity contribution is 0.104. The van der Waals surface area contributed by atoms with Gasteiger partial charge in [0.25, 0.3) is 0 Å². The summed E-state index contributed by atoms with van der Waals surface area (Å²) in [5.74, 6) is -0.0687. The standard InChI is InChI=1S/C27H16N4OS2/c1-16(15-28)23-19-9-5-6-10-20(19)24(32)21(23)13-18-14-22-25(31(18)17-7-3-2-4-8-17)30-27(34-22)26-29-11-12-33-26/h2-14H,1H3/b21-13-,23-16?. The van der Waals surface area contributed by atoms with Gasteiger partial charge in [-0.2, -0.15) is 5.26 Å². The molecule has 5 nitrogen and oxygen atoms in total. The van der Waals surface area contributed by atoms with Crippen LogP contribution in [0.2, 0.25) is 0 Å². The Morgan fingerprint density at radius 1 is 1.06 bits per heavy atom. The molecule has 0 fully saturated rings. The average Bonchev–Trinajstić information content (AvgIpc) is 3.63. The Balaban J connectivity index is 1.60. The van der Waals surface area contributed by atoms with E-state index in [0.717, 1.165) is 37.3 Å². The van der Waals surface area contributed by atoms with Crippen molar-refractivity contribution in [3.63, 3.8) is 0 Å². The van der Waals surface area contributed by atoms with Crippen LogP contribution in [0.4, 0.5) is 0 Å². The summed E-state index contributed by atoms with van der Waals surface area (Å²) in [5.41, 5.74) is 5.79. The van der Waals surface area contributed by atoms with Crippen LogP contribution in [0.5, 0.6) is 0 Å². The van der Waals surface area contributed by atoms with Gasteiger partial charge in [0.15, 0.2) is 21.4 Å². The lowest BCUT2D eigenvalue weighted by Gasteiger charge is -2.09. The number of allylic oxidation sites excluding steroid dienone is 3. The number of nitriles is 1. The van der Waals surface area contributed by atoms with Gasteiger partial charge < -0.3 is 0 Å². The van der Waals surface area contributed by atoms with Crippen LogP contribution < -0.4 is 0 Å². The topological polar surface area (TPSA) is 71.6 Å². The van der Waals surface area contributed by atoms with Crippen molar-refractivity contribution in [2.45, 2.75) is 6.92 Å². The molecule has 0 amide bonds. The molecule has 2 aromatic carbocycles. The number of benzene rings is 2. The number of aromatic nitrogens is 3. The number of thiazole rings is 2. The highest BCUT2D eigenvalue weighted by Crippen LogP contribution is 2.41. The van der Waals surface area contributed by atoms with Crippen molar-refractivity contribution in [3.05, 3.63) is 100 Å². The van der Waals surface area contributed by atoms with Gasteiger partial charge in [-0.1, -0.05) is 42.5 Å². The molecule has 0 atom stereocenters. The molecule has 0 spiro atoms. The number of carbonyl (C=O) groups excluding carboxylic acids is 1. The summed E-state index contributed by atoms with van der Waals surface area (Å²) in [4.78, 5) is 22.7. The number of hydrogen-bond donors (Lipinski definition) is 0. The molecule has 6 rings (SSSR count). The number of carbonyl (C=O) groups is 1. The normalized spacial score (nSPS) is 15.6. The van der Waals surface area contributed by atoms with Crippen molar-refractivity contribution in [2.24, 2.45) is 0 Å². The summed E-state index contributed by atoms with van der Waals surface area (Å²) in [6.45, 7) is 1.76. The quantitative estimate of drug-likeness (QED) is 0.212. The predicted octanol–water partition coefficient (Wildman–Crippen LogP) is 6.79. The largest absolute Gasteiger partial charge is 0.294 e.